The highest BCUT2D eigenvalue weighted by molar-refractivity contribution is 7.85. The third-order valence-corrected chi connectivity index (χ3v) is 3.81. The first kappa shape index (κ1) is 14.6. The second-order valence-corrected chi connectivity index (χ2v) is 5.98. The highest BCUT2D eigenvalue weighted by atomic mass is 32.2. The van der Waals surface area contributed by atoms with Crippen molar-refractivity contribution in [1.29, 1.82) is 0 Å². The molecular formula is C13H15N3O3S. The first-order valence-electron chi connectivity index (χ1n) is 6.01. The summed E-state index contributed by atoms with van der Waals surface area (Å²) in [5.41, 5.74) is 7.02. The number of nitrogens with zero attached hydrogens (tertiary/aromatic N) is 2. The summed E-state index contributed by atoms with van der Waals surface area (Å²) in [4.78, 5) is -0.173. The van der Waals surface area contributed by atoms with E-state index in [1.54, 1.807) is 6.08 Å². The van der Waals surface area contributed by atoms with Crippen molar-refractivity contribution < 1.29 is 13.0 Å². The molecule has 3 N–H and O–H groups in total. The summed E-state index contributed by atoms with van der Waals surface area (Å²) < 4.78 is 30.6. The SMILES string of the molecule is CC1C=C(N=Nc2ccc(S(=O)(=O)O)cc2)C=CC1N. The predicted octanol–water partition coefficient (Wildman–Crippen LogP) is 2.43. The van der Waals surface area contributed by atoms with Gasteiger partial charge in [-0.3, -0.25) is 4.55 Å². The molecule has 20 heavy (non-hydrogen) atoms. The number of azo groups is 1. The van der Waals surface area contributed by atoms with E-state index < -0.39 is 10.1 Å². The highest BCUT2D eigenvalue weighted by Crippen LogP contribution is 2.20. The zero-order chi connectivity index (χ0) is 14.8. The van der Waals surface area contributed by atoms with Crippen molar-refractivity contribution in [2.45, 2.75) is 17.9 Å². The average Bonchev–Trinajstić information content (AvgIpc) is 2.40. The van der Waals surface area contributed by atoms with Gasteiger partial charge < -0.3 is 5.73 Å². The maximum absolute atomic E-state index is 10.9. The normalized spacial score (nSPS) is 23.1. The zero-order valence-corrected chi connectivity index (χ0v) is 11.7. The first-order chi connectivity index (χ1) is 9.36. The van der Waals surface area contributed by atoms with Crippen LogP contribution in [0.3, 0.4) is 0 Å². The van der Waals surface area contributed by atoms with Gasteiger partial charge in [-0.1, -0.05) is 19.1 Å². The van der Waals surface area contributed by atoms with Crippen molar-refractivity contribution in [1.82, 2.24) is 0 Å². The molecule has 0 saturated heterocycles. The van der Waals surface area contributed by atoms with Gasteiger partial charge in [-0.2, -0.15) is 18.6 Å². The monoisotopic (exact) mass is 293 g/mol. The Bertz CT molecular complexity index is 675. The molecule has 6 nitrogen and oxygen atoms in total. The summed E-state index contributed by atoms with van der Waals surface area (Å²) in [6, 6.07) is 5.47. The van der Waals surface area contributed by atoms with Crippen molar-refractivity contribution >= 4 is 15.8 Å². The lowest BCUT2D eigenvalue weighted by atomic mass is 9.97. The lowest BCUT2D eigenvalue weighted by molar-refractivity contribution is 0.483. The van der Waals surface area contributed by atoms with Crippen molar-refractivity contribution in [2.24, 2.45) is 21.9 Å². The third kappa shape index (κ3) is 3.60. The molecule has 2 rings (SSSR count). The molecule has 1 aromatic rings. The second kappa shape index (κ2) is 5.66. The molecule has 0 fully saturated rings. The number of allylic oxidation sites excluding steroid dienone is 1. The van der Waals surface area contributed by atoms with E-state index in [0.29, 0.717) is 11.4 Å². The summed E-state index contributed by atoms with van der Waals surface area (Å²) in [5, 5.41) is 8.06. The van der Waals surface area contributed by atoms with E-state index >= 15 is 0 Å². The maximum atomic E-state index is 10.9. The molecule has 1 aromatic carbocycles. The van der Waals surface area contributed by atoms with Gasteiger partial charge in [-0.15, -0.1) is 0 Å². The van der Waals surface area contributed by atoms with Gasteiger partial charge in [0.1, 0.15) is 0 Å². The van der Waals surface area contributed by atoms with Crippen LogP contribution in [0.15, 0.2) is 63.3 Å². The van der Waals surface area contributed by atoms with E-state index in [2.05, 4.69) is 10.2 Å². The van der Waals surface area contributed by atoms with Crippen LogP contribution in [0.4, 0.5) is 5.69 Å². The molecule has 2 unspecified atom stereocenters. The molecule has 0 spiro atoms. The molecule has 0 radical (unpaired) electrons. The minimum Gasteiger partial charge on any atom is -0.324 e. The molecule has 0 aliphatic heterocycles. The lowest BCUT2D eigenvalue weighted by Crippen LogP contribution is -2.26. The fourth-order valence-corrected chi connectivity index (χ4v) is 2.17. The van der Waals surface area contributed by atoms with Gasteiger partial charge in [0.25, 0.3) is 10.1 Å². The van der Waals surface area contributed by atoms with Crippen LogP contribution in [0, 0.1) is 5.92 Å². The lowest BCUT2D eigenvalue weighted by Gasteiger charge is -2.16. The van der Waals surface area contributed by atoms with Crippen LogP contribution in [0.5, 0.6) is 0 Å². The summed E-state index contributed by atoms with van der Waals surface area (Å²) in [7, 11) is -4.18. The largest absolute Gasteiger partial charge is 0.324 e. The van der Waals surface area contributed by atoms with Crippen LogP contribution >= 0.6 is 0 Å². The molecule has 1 aliphatic rings. The standard InChI is InChI=1S/C13H15N3O3S/c1-9-8-11(4-7-13(9)14)16-15-10-2-5-12(6-3-10)20(17,18)19/h2-9,13H,14H2,1H3,(H,17,18,19). The van der Waals surface area contributed by atoms with Crippen LogP contribution in [0.2, 0.25) is 0 Å². The van der Waals surface area contributed by atoms with E-state index in [-0.39, 0.29) is 16.9 Å². The first-order valence-corrected chi connectivity index (χ1v) is 7.45. The Labute approximate surface area is 117 Å². The summed E-state index contributed by atoms with van der Waals surface area (Å²) >= 11 is 0. The molecule has 0 amide bonds. The molecular weight excluding hydrogens is 278 g/mol. The molecule has 0 heterocycles. The van der Waals surface area contributed by atoms with E-state index in [1.165, 1.54) is 24.3 Å². The molecule has 2 atom stereocenters. The molecule has 0 aromatic heterocycles. The van der Waals surface area contributed by atoms with Gasteiger partial charge >= 0.3 is 0 Å². The predicted molar refractivity (Wildman–Crippen MR) is 75.1 cm³/mol. The molecule has 0 saturated carbocycles. The van der Waals surface area contributed by atoms with E-state index in [0.717, 1.165) is 0 Å². The number of hydrogen-bond acceptors (Lipinski definition) is 5. The van der Waals surface area contributed by atoms with Crippen molar-refractivity contribution in [2.75, 3.05) is 0 Å². The molecule has 7 heteroatoms. The average molecular weight is 293 g/mol. The fraction of sp³-hybridized carbons (Fsp3) is 0.231. The van der Waals surface area contributed by atoms with Crippen LogP contribution < -0.4 is 5.73 Å². The quantitative estimate of drug-likeness (QED) is 0.659. The van der Waals surface area contributed by atoms with E-state index in [4.69, 9.17) is 10.3 Å². The Kier molecular flexibility index (Phi) is 4.12. The van der Waals surface area contributed by atoms with Crippen LogP contribution in [0.25, 0.3) is 0 Å². The Balaban J connectivity index is 2.13. The van der Waals surface area contributed by atoms with Crippen LogP contribution in [-0.2, 0) is 10.1 Å². The number of rotatable bonds is 3. The van der Waals surface area contributed by atoms with Crippen LogP contribution in [-0.4, -0.2) is 19.0 Å². The molecule has 1 aliphatic carbocycles. The number of hydrogen-bond donors (Lipinski definition) is 2. The minimum atomic E-state index is -4.18. The van der Waals surface area contributed by atoms with E-state index in [9.17, 15) is 8.42 Å². The van der Waals surface area contributed by atoms with Gasteiger partial charge in [-0.25, -0.2) is 0 Å². The minimum absolute atomic E-state index is 0.0111. The smallest absolute Gasteiger partial charge is 0.294 e. The summed E-state index contributed by atoms with van der Waals surface area (Å²) in [5.74, 6) is 0.191. The number of nitrogens with two attached hydrogens (primary N) is 1. The Morgan fingerprint density at radius 2 is 1.85 bits per heavy atom. The highest BCUT2D eigenvalue weighted by Gasteiger charge is 2.12. The fourth-order valence-electron chi connectivity index (χ4n) is 1.69. The topological polar surface area (TPSA) is 105 Å². The third-order valence-electron chi connectivity index (χ3n) is 2.95. The van der Waals surface area contributed by atoms with Gasteiger partial charge in [0.15, 0.2) is 0 Å². The van der Waals surface area contributed by atoms with Crippen LogP contribution in [0.1, 0.15) is 6.92 Å². The van der Waals surface area contributed by atoms with Gasteiger partial charge in [0.2, 0.25) is 0 Å². The van der Waals surface area contributed by atoms with Gasteiger partial charge in [0, 0.05) is 6.04 Å². The summed E-state index contributed by atoms with van der Waals surface area (Å²) in [6.07, 6.45) is 5.57. The Morgan fingerprint density at radius 3 is 2.40 bits per heavy atom. The van der Waals surface area contributed by atoms with Gasteiger partial charge in [-0.05, 0) is 36.3 Å². The zero-order valence-electron chi connectivity index (χ0n) is 10.8. The van der Waals surface area contributed by atoms with Crippen molar-refractivity contribution in [3.8, 4) is 0 Å². The van der Waals surface area contributed by atoms with Gasteiger partial charge in [0.05, 0.1) is 16.3 Å². The Hall–Kier alpha value is -1.83. The molecule has 106 valence electrons. The summed E-state index contributed by atoms with van der Waals surface area (Å²) in [6.45, 7) is 1.99. The Morgan fingerprint density at radius 1 is 1.20 bits per heavy atom. The van der Waals surface area contributed by atoms with E-state index in [1.807, 2.05) is 19.1 Å². The maximum Gasteiger partial charge on any atom is 0.294 e. The van der Waals surface area contributed by atoms with Crippen molar-refractivity contribution in [3.63, 3.8) is 0 Å². The molecule has 0 bridgehead atoms. The second-order valence-electron chi connectivity index (χ2n) is 4.56. The van der Waals surface area contributed by atoms with Crippen molar-refractivity contribution in [3.05, 3.63) is 48.2 Å². The number of benzene rings is 1.